The van der Waals surface area contributed by atoms with E-state index in [0.29, 0.717) is 15.6 Å². The molecule has 1 amide bonds. The molecule has 2 rings (SSSR count). The van der Waals surface area contributed by atoms with Crippen molar-refractivity contribution in [2.24, 2.45) is 0 Å². The Morgan fingerprint density at radius 2 is 1.78 bits per heavy atom. The molecule has 0 saturated carbocycles. The van der Waals surface area contributed by atoms with Crippen LogP contribution in [-0.4, -0.2) is 40.3 Å². The van der Waals surface area contributed by atoms with Gasteiger partial charge in [0.05, 0.1) is 37.6 Å². The Hall–Kier alpha value is -2.87. The number of methoxy groups -OCH3 is 1. The lowest BCUT2D eigenvalue weighted by molar-refractivity contribution is -0.116. The van der Waals surface area contributed by atoms with Crippen LogP contribution in [0.15, 0.2) is 48.5 Å². The summed E-state index contributed by atoms with van der Waals surface area (Å²) in [7, 11) is -2.45. The Kier molecular flexibility index (Phi) is 6.57. The van der Waals surface area contributed by atoms with E-state index in [0.717, 1.165) is 6.26 Å². The van der Waals surface area contributed by atoms with Crippen molar-refractivity contribution in [3.63, 3.8) is 0 Å². The van der Waals surface area contributed by atoms with E-state index in [-0.39, 0.29) is 24.3 Å². The molecule has 0 N–H and O–H groups in total. The molecule has 0 unspecified atom stereocenters. The van der Waals surface area contributed by atoms with Gasteiger partial charge in [0.15, 0.2) is 0 Å². The highest BCUT2D eigenvalue weighted by Crippen LogP contribution is 2.24. The first kappa shape index (κ1) is 20.4. The van der Waals surface area contributed by atoms with Gasteiger partial charge in [0.1, 0.15) is 5.75 Å². The fourth-order valence-corrected chi connectivity index (χ4v) is 3.51. The number of esters is 1. The van der Waals surface area contributed by atoms with Crippen LogP contribution >= 0.6 is 0 Å². The van der Waals surface area contributed by atoms with Crippen LogP contribution in [0.5, 0.6) is 5.75 Å². The van der Waals surface area contributed by atoms with Crippen LogP contribution in [0.2, 0.25) is 0 Å². The number of para-hydroxylation sites is 1. The molecule has 7 nitrogen and oxygen atoms in total. The summed E-state index contributed by atoms with van der Waals surface area (Å²) in [5.41, 5.74) is 0.788. The minimum atomic E-state index is -3.92. The summed E-state index contributed by atoms with van der Waals surface area (Å²) < 4.78 is 35.4. The standard InChI is InChI=1S/C19H21NO6S/c1-4-26-19(22)15-9-7-10-16(12-15)20(27(3,23)24)18(21)13-14-8-5-6-11-17(14)25-2/h5-12H,4,13H2,1-3H3. The number of hydrogen-bond acceptors (Lipinski definition) is 6. The molecule has 8 heteroatoms. The molecule has 0 radical (unpaired) electrons. The van der Waals surface area contributed by atoms with Gasteiger partial charge in [0, 0.05) is 5.56 Å². The quantitative estimate of drug-likeness (QED) is 0.674. The molecule has 0 saturated heterocycles. The normalized spacial score (nSPS) is 10.9. The maximum Gasteiger partial charge on any atom is 0.338 e. The van der Waals surface area contributed by atoms with Gasteiger partial charge in [-0.25, -0.2) is 17.5 Å². The number of anilines is 1. The van der Waals surface area contributed by atoms with Crippen molar-refractivity contribution in [1.29, 1.82) is 0 Å². The highest BCUT2D eigenvalue weighted by Gasteiger charge is 2.27. The van der Waals surface area contributed by atoms with Gasteiger partial charge in [-0.2, -0.15) is 0 Å². The summed E-state index contributed by atoms with van der Waals surface area (Å²) in [5.74, 6) is -0.771. The summed E-state index contributed by atoms with van der Waals surface area (Å²) >= 11 is 0. The first-order chi connectivity index (χ1) is 12.8. The summed E-state index contributed by atoms with van der Waals surface area (Å²) in [6.07, 6.45) is 0.755. The summed E-state index contributed by atoms with van der Waals surface area (Å²) in [6, 6.07) is 12.6. The molecule has 0 aliphatic rings. The SMILES string of the molecule is CCOC(=O)c1cccc(N(C(=O)Cc2ccccc2OC)S(C)(=O)=O)c1. The third kappa shape index (κ3) is 5.07. The number of benzene rings is 2. The Morgan fingerprint density at radius 3 is 2.41 bits per heavy atom. The van der Waals surface area contributed by atoms with Crippen LogP contribution in [0.25, 0.3) is 0 Å². The van der Waals surface area contributed by atoms with E-state index in [9.17, 15) is 18.0 Å². The number of carbonyl (C=O) groups excluding carboxylic acids is 2. The molecule has 0 spiro atoms. The minimum Gasteiger partial charge on any atom is -0.496 e. The van der Waals surface area contributed by atoms with E-state index in [1.54, 1.807) is 31.2 Å². The van der Waals surface area contributed by atoms with Crippen LogP contribution in [0, 0.1) is 0 Å². The molecule has 2 aromatic carbocycles. The summed E-state index contributed by atoms with van der Waals surface area (Å²) in [6.45, 7) is 1.85. The fourth-order valence-electron chi connectivity index (χ4n) is 2.58. The number of rotatable bonds is 7. The largest absolute Gasteiger partial charge is 0.496 e. The molecule has 0 aliphatic heterocycles. The Labute approximate surface area is 158 Å². The highest BCUT2D eigenvalue weighted by atomic mass is 32.2. The van der Waals surface area contributed by atoms with Gasteiger partial charge in [-0.3, -0.25) is 4.79 Å². The van der Waals surface area contributed by atoms with Gasteiger partial charge in [-0.05, 0) is 31.2 Å². The molecular weight excluding hydrogens is 370 g/mol. The van der Waals surface area contributed by atoms with Gasteiger partial charge in [0.25, 0.3) is 0 Å². The van der Waals surface area contributed by atoms with Crippen molar-refractivity contribution in [2.45, 2.75) is 13.3 Å². The van der Waals surface area contributed by atoms with Crippen molar-refractivity contribution >= 4 is 27.6 Å². The molecule has 27 heavy (non-hydrogen) atoms. The van der Waals surface area contributed by atoms with Crippen LogP contribution < -0.4 is 9.04 Å². The maximum absolute atomic E-state index is 12.8. The number of nitrogens with zero attached hydrogens (tertiary/aromatic N) is 1. The maximum atomic E-state index is 12.8. The average Bonchev–Trinajstić information content (AvgIpc) is 2.61. The summed E-state index contributed by atoms with van der Waals surface area (Å²) in [4.78, 5) is 24.7. The smallest absolute Gasteiger partial charge is 0.338 e. The molecule has 0 bridgehead atoms. The minimum absolute atomic E-state index is 0.0722. The first-order valence-electron chi connectivity index (χ1n) is 8.20. The number of hydrogen-bond donors (Lipinski definition) is 0. The zero-order chi connectivity index (χ0) is 20.0. The molecule has 2 aromatic rings. The number of carbonyl (C=O) groups is 2. The lowest BCUT2D eigenvalue weighted by atomic mass is 10.1. The van der Waals surface area contributed by atoms with Crippen LogP contribution in [0.3, 0.4) is 0 Å². The van der Waals surface area contributed by atoms with E-state index in [1.807, 2.05) is 0 Å². The Balaban J connectivity index is 2.40. The van der Waals surface area contributed by atoms with Crippen molar-refractivity contribution in [2.75, 3.05) is 24.3 Å². The third-order valence-corrected chi connectivity index (χ3v) is 4.76. The second-order valence-corrected chi connectivity index (χ2v) is 7.51. The van der Waals surface area contributed by atoms with Crippen LogP contribution in [-0.2, 0) is 26.0 Å². The first-order valence-corrected chi connectivity index (χ1v) is 10.0. The second-order valence-electron chi connectivity index (χ2n) is 5.68. The lowest BCUT2D eigenvalue weighted by Gasteiger charge is -2.21. The van der Waals surface area contributed by atoms with Gasteiger partial charge in [-0.1, -0.05) is 24.3 Å². The molecule has 144 valence electrons. The zero-order valence-electron chi connectivity index (χ0n) is 15.3. The van der Waals surface area contributed by atoms with E-state index >= 15 is 0 Å². The van der Waals surface area contributed by atoms with E-state index < -0.39 is 21.9 Å². The predicted molar refractivity (Wildman–Crippen MR) is 101 cm³/mol. The molecule has 0 fully saturated rings. The van der Waals surface area contributed by atoms with Crippen LogP contribution in [0.4, 0.5) is 5.69 Å². The van der Waals surface area contributed by atoms with Gasteiger partial charge < -0.3 is 9.47 Å². The number of sulfonamides is 1. The molecule has 0 heterocycles. The van der Waals surface area contributed by atoms with Crippen molar-refractivity contribution in [3.05, 3.63) is 59.7 Å². The third-order valence-electron chi connectivity index (χ3n) is 3.68. The van der Waals surface area contributed by atoms with Crippen molar-refractivity contribution in [1.82, 2.24) is 0 Å². The summed E-state index contributed by atoms with van der Waals surface area (Å²) in [5, 5.41) is 0. The second kappa shape index (κ2) is 8.68. The predicted octanol–water partition coefficient (Wildman–Crippen LogP) is 2.41. The van der Waals surface area contributed by atoms with E-state index in [2.05, 4.69) is 0 Å². The monoisotopic (exact) mass is 391 g/mol. The van der Waals surface area contributed by atoms with E-state index in [1.165, 1.54) is 31.4 Å². The Bertz CT molecular complexity index is 939. The number of ether oxygens (including phenoxy) is 2. The van der Waals surface area contributed by atoms with Crippen molar-refractivity contribution < 1.29 is 27.5 Å². The van der Waals surface area contributed by atoms with Crippen molar-refractivity contribution in [3.8, 4) is 5.75 Å². The molecule has 0 atom stereocenters. The topological polar surface area (TPSA) is 90.0 Å². The average molecular weight is 391 g/mol. The van der Waals surface area contributed by atoms with E-state index in [4.69, 9.17) is 9.47 Å². The Morgan fingerprint density at radius 1 is 1.07 bits per heavy atom. The molecule has 0 aromatic heterocycles. The zero-order valence-corrected chi connectivity index (χ0v) is 16.2. The van der Waals surface area contributed by atoms with Gasteiger partial charge in [-0.15, -0.1) is 0 Å². The highest BCUT2D eigenvalue weighted by molar-refractivity contribution is 7.92. The molecule has 0 aliphatic carbocycles. The molecular formula is C19H21NO6S. The lowest BCUT2D eigenvalue weighted by Crippen LogP contribution is -2.37. The van der Waals surface area contributed by atoms with Gasteiger partial charge in [0.2, 0.25) is 15.9 Å². The number of amides is 1. The fraction of sp³-hybridized carbons (Fsp3) is 0.263. The van der Waals surface area contributed by atoms with Gasteiger partial charge >= 0.3 is 5.97 Å². The van der Waals surface area contributed by atoms with Crippen LogP contribution in [0.1, 0.15) is 22.8 Å².